The van der Waals surface area contributed by atoms with Crippen LogP contribution in [0.5, 0.6) is 11.5 Å². The largest absolute Gasteiger partial charge is 0.486 e. The molecule has 3 N–H and O–H groups in total. The molecule has 9 nitrogen and oxygen atoms in total. The van der Waals surface area contributed by atoms with Gasteiger partial charge in [0.2, 0.25) is 0 Å². The number of hydrogen-bond donors (Lipinski definition) is 3. The molecule has 1 atom stereocenters. The number of carbonyl (C=O) groups is 2. The molecule has 4 rings (SSSR count). The number of carbonyl (C=O) groups excluding carboxylic acids is 2. The normalized spacial score (nSPS) is 14.6. The zero-order valence-corrected chi connectivity index (χ0v) is 27.2. The number of benzene rings is 3. The van der Waals surface area contributed by atoms with Gasteiger partial charge in [0.1, 0.15) is 12.4 Å². The number of amides is 1. The number of hydrogen-bond acceptors (Lipinski definition) is 7. The molecule has 0 spiro atoms. The Hall–Kier alpha value is -3.54. The summed E-state index contributed by atoms with van der Waals surface area (Å²) in [5.41, 5.74) is 5.14. The van der Waals surface area contributed by atoms with Crippen LogP contribution in [-0.4, -0.2) is 36.4 Å². The van der Waals surface area contributed by atoms with Crippen LogP contribution in [0.3, 0.4) is 0 Å². The lowest BCUT2D eigenvalue weighted by molar-refractivity contribution is -0.139. The molecule has 0 saturated heterocycles. The van der Waals surface area contributed by atoms with Gasteiger partial charge in [0.05, 0.1) is 34.5 Å². The van der Waals surface area contributed by atoms with Gasteiger partial charge in [-0.05, 0) is 62.0 Å². The smallest absolute Gasteiger partial charge is 0.338 e. The highest BCUT2D eigenvalue weighted by Gasteiger charge is 2.32. The molecule has 14 heteroatoms. The minimum atomic E-state index is -0.648. The van der Waals surface area contributed by atoms with Crippen LogP contribution in [0, 0.1) is 0 Å². The van der Waals surface area contributed by atoms with Gasteiger partial charge in [0.25, 0.3) is 5.91 Å². The van der Waals surface area contributed by atoms with Gasteiger partial charge in [-0.25, -0.2) is 10.2 Å². The second-order valence-corrected chi connectivity index (χ2v) is 11.3. The zero-order chi connectivity index (χ0) is 31.8. The fourth-order valence-corrected chi connectivity index (χ4v) is 5.54. The van der Waals surface area contributed by atoms with Crippen molar-refractivity contribution in [3.8, 4) is 11.5 Å². The Bertz CT molecular complexity index is 1630. The van der Waals surface area contributed by atoms with Crippen molar-refractivity contribution < 1.29 is 23.8 Å². The lowest BCUT2D eigenvalue weighted by Gasteiger charge is -2.30. The van der Waals surface area contributed by atoms with Crippen molar-refractivity contribution in [2.75, 3.05) is 13.2 Å². The Balaban J connectivity index is 1.38. The van der Waals surface area contributed by atoms with E-state index in [4.69, 9.17) is 72.8 Å². The van der Waals surface area contributed by atoms with Crippen LogP contribution in [0.25, 0.3) is 0 Å². The molecule has 1 aliphatic heterocycles. The van der Waals surface area contributed by atoms with E-state index in [0.717, 1.165) is 0 Å². The molecule has 0 radical (unpaired) electrons. The Morgan fingerprint density at radius 2 is 1.75 bits per heavy atom. The Morgan fingerprint density at radius 1 is 1.02 bits per heavy atom. The Kier molecular flexibility index (Phi) is 11.7. The molecule has 0 bridgehead atoms. The molecule has 0 saturated carbocycles. The lowest BCUT2D eigenvalue weighted by atomic mass is 9.95. The number of thiocarbonyl (C=S) groups is 1. The first kappa shape index (κ1) is 33.4. The van der Waals surface area contributed by atoms with Gasteiger partial charge < -0.3 is 24.8 Å². The minimum Gasteiger partial charge on any atom is -0.486 e. The molecule has 1 aliphatic rings. The van der Waals surface area contributed by atoms with E-state index in [-0.39, 0.29) is 35.6 Å². The Morgan fingerprint density at radius 3 is 2.45 bits per heavy atom. The molecule has 1 amide bonds. The third kappa shape index (κ3) is 8.55. The van der Waals surface area contributed by atoms with E-state index in [9.17, 15) is 9.59 Å². The number of allylic oxidation sites excluding steroid dienone is 1. The monoisotopic (exact) mass is 694 g/mol. The first-order valence-corrected chi connectivity index (χ1v) is 15.0. The Labute approximate surface area is 279 Å². The van der Waals surface area contributed by atoms with E-state index in [0.29, 0.717) is 48.9 Å². The number of hydrazone groups is 1. The predicted octanol–water partition coefficient (Wildman–Crippen LogP) is 6.76. The summed E-state index contributed by atoms with van der Waals surface area (Å²) in [6.07, 6.45) is 1.38. The maximum atomic E-state index is 12.7. The van der Waals surface area contributed by atoms with Gasteiger partial charge in [0.15, 0.2) is 17.5 Å². The molecule has 3 aromatic carbocycles. The summed E-state index contributed by atoms with van der Waals surface area (Å²) in [7, 11) is 0. The second kappa shape index (κ2) is 15.5. The number of ether oxygens (including phenoxy) is 3. The number of esters is 1. The van der Waals surface area contributed by atoms with Crippen LogP contribution in [0.2, 0.25) is 20.1 Å². The molecule has 0 aromatic heterocycles. The highest BCUT2D eigenvalue weighted by atomic mass is 35.5. The van der Waals surface area contributed by atoms with Crippen molar-refractivity contribution in [2.45, 2.75) is 26.5 Å². The fraction of sp³-hybridized carbons (Fsp3) is 0.200. The van der Waals surface area contributed by atoms with Crippen molar-refractivity contribution in [3.63, 3.8) is 0 Å². The number of nitrogens with one attached hydrogen (secondary N) is 3. The van der Waals surface area contributed by atoms with E-state index in [2.05, 4.69) is 21.2 Å². The van der Waals surface area contributed by atoms with Gasteiger partial charge in [-0.15, -0.1) is 0 Å². The molecular formula is C30H26Cl4N4O5S. The third-order valence-corrected chi connectivity index (χ3v) is 7.53. The van der Waals surface area contributed by atoms with E-state index < -0.39 is 17.9 Å². The van der Waals surface area contributed by atoms with Crippen LogP contribution in [0.4, 0.5) is 0 Å². The lowest BCUT2D eigenvalue weighted by Crippen LogP contribution is -2.45. The quantitative estimate of drug-likeness (QED) is 0.0874. The fourth-order valence-electron chi connectivity index (χ4n) is 4.19. The summed E-state index contributed by atoms with van der Waals surface area (Å²) < 4.78 is 16.8. The topological polar surface area (TPSA) is 110 Å². The van der Waals surface area contributed by atoms with Crippen molar-refractivity contribution in [1.82, 2.24) is 16.1 Å². The molecular weight excluding hydrogens is 670 g/mol. The number of nitrogens with zero attached hydrogens (tertiary/aromatic N) is 1. The van der Waals surface area contributed by atoms with Crippen molar-refractivity contribution in [2.24, 2.45) is 5.10 Å². The summed E-state index contributed by atoms with van der Waals surface area (Å²) in [5.74, 6) is -0.380. The maximum absolute atomic E-state index is 12.7. The molecule has 3 aromatic rings. The zero-order valence-electron chi connectivity index (χ0n) is 23.4. The third-order valence-electron chi connectivity index (χ3n) is 6.16. The highest BCUT2D eigenvalue weighted by molar-refractivity contribution is 7.80. The van der Waals surface area contributed by atoms with Crippen LogP contribution >= 0.6 is 58.6 Å². The molecule has 0 aliphatic carbocycles. The van der Waals surface area contributed by atoms with E-state index in [1.165, 1.54) is 6.21 Å². The predicted molar refractivity (Wildman–Crippen MR) is 176 cm³/mol. The van der Waals surface area contributed by atoms with Gasteiger partial charge >= 0.3 is 5.97 Å². The van der Waals surface area contributed by atoms with Crippen LogP contribution in [0.15, 0.2) is 71.0 Å². The maximum Gasteiger partial charge on any atom is 0.338 e. The molecule has 230 valence electrons. The highest BCUT2D eigenvalue weighted by Crippen LogP contribution is 2.36. The molecule has 0 fully saturated rings. The van der Waals surface area contributed by atoms with E-state index >= 15 is 0 Å². The summed E-state index contributed by atoms with van der Waals surface area (Å²) >= 11 is 30.2. The number of halogens is 4. The second-order valence-electron chi connectivity index (χ2n) is 9.25. The minimum absolute atomic E-state index is 0.127. The number of para-hydroxylation sites is 1. The van der Waals surface area contributed by atoms with Crippen molar-refractivity contribution in [1.29, 1.82) is 0 Å². The van der Waals surface area contributed by atoms with E-state index in [1.807, 2.05) is 0 Å². The van der Waals surface area contributed by atoms with Crippen LogP contribution in [0.1, 0.15) is 36.6 Å². The van der Waals surface area contributed by atoms with Crippen LogP contribution < -0.4 is 25.5 Å². The summed E-state index contributed by atoms with van der Waals surface area (Å²) in [5, 5.41) is 11.8. The molecule has 1 heterocycles. The first-order valence-electron chi connectivity index (χ1n) is 13.1. The van der Waals surface area contributed by atoms with Crippen molar-refractivity contribution in [3.05, 3.63) is 103 Å². The van der Waals surface area contributed by atoms with Crippen LogP contribution in [-0.2, 0) is 20.9 Å². The summed E-state index contributed by atoms with van der Waals surface area (Å²) in [6.45, 7) is 3.44. The van der Waals surface area contributed by atoms with Gasteiger partial charge in [-0.2, -0.15) is 5.10 Å². The standard InChI is InChI=1S/C30H26Cl4N4O5S/c1-3-41-29(40)26-16(2)36-30(44)37-27(26)20-6-4-5-7-24(20)42-15-25(39)38-35-13-17-10-22(33)28(23(34)11-17)43-14-18-8-9-19(31)12-21(18)32/h4-13,27H,3,14-15H2,1-2H3,(H,38,39)(H2,36,37,44)/t27-/m0/s1. The van der Waals surface area contributed by atoms with Gasteiger partial charge in [0, 0.05) is 26.9 Å². The van der Waals surface area contributed by atoms with Gasteiger partial charge in [-0.1, -0.05) is 70.7 Å². The molecule has 0 unspecified atom stereocenters. The van der Waals surface area contributed by atoms with Gasteiger partial charge in [-0.3, -0.25) is 4.79 Å². The summed E-state index contributed by atoms with van der Waals surface area (Å²) in [6, 6.07) is 14.6. The molecule has 44 heavy (non-hydrogen) atoms. The number of rotatable bonds is 11. The SMILES string of the molecule is CCOC(=O)C1=C(C)NC(=S)N[C@H]1c1ccccc1OCC(=O)NN=Cc1cc(Cl)c(OCc2ccc(Cl)cc2Cl)c(Cl)c1. The van der Waals surface area contributed by atoms with Crippen molar-refractivity contribution >= 4 is 81.8 Å². The average molecular weight is 696 g/mol. The average Bonchev–Trinajstić information content (AvgIpc) is 2.96. The van der Waals surface area contributed by atoms with E-state index in [1.54, 1.807) is 68.4 Å². The summed E-state index contributed by atoms with van der Waals surface area (Å²) in [4.78, 5) is 25.3. The first-order chi connectivity index (χ1) is 21.1.